The molecule has 0 spiro atoms. The first-order valence-corrected chi connectivity index (χ1v) is 9.14. The first-order chi connectivity index (χ1) is 13.4. The van der Waals surface area contributed by atoms with Crippen LogP contribution in [-0.4, -0.2) is 33.5 Å². The fourth-order valence-corrected chi connectivity index (χ4v) is 4.52. The Balaban J connectivity index is 1.88. The van der Waals surface area contributed by atoms with Gasteiger partial charge in [-0.15, -0.1) is 0 Å². The lowest BCUT2D eigenvalue weighted by molar-refractivity contribution is -0.149. The molecule has 144 valence electrons. The third-order valence-electron chi connectivity index (χ3n) is 5.88. The molecule has 0 saturated carbocycles. The minimum Gasteiger partial charge on any atom is -0.508 e. The summed E-state index contributed by atoms with van der Waals surface area (Å²) in [6.07, 6.45) is 0.120. The van der Waals surface area contributed by atoms with Crippen molar-refractivity contribution in [1.29, 1.82) is 0 Å². The van der Waals surface area contributed by atoms with Gasteiger partial charge in [-0.25, -0.2) is 4.90 Å². The number of rotatable bonds is 4. The summed E-state index contributed by atoms with van der Waals surface area (Å²) in [5.74, 6) is -4.20. The molecule has 2 amide bonds. The van der Waals surface area contributed by atoms with Gasteiger partial charge in [0.15, 0.2) is 0 Å². The number of anilines is 1. The molecule has 7 heteroatoms. The van der Waals surface area contributed by atoms with E-state index in [9.17, 15) is 24.6 Å². The van der Waals surface area contributed by atoms with Gasteiger partial charge in [0.1, 0.15) is 11.3 Å². The summed E-state index contributed by atoms with van der Waals surface area (Å²) < 4.78 is 0. The van der Waals surface area contributed by atoms with E-state index in [0.29, 0.717) is 11.3 Å². The Bertz CT molecular complexity index is 960. The van der Waals surface area contributed by atoms with Crippen LogP contribution in [0.5, 0.6) is 5.75 Å². The first-order valence-electron chi connectivity index (χ1n) is 9.14. The summed E-state index contributed by atoms with van der Waals surface area (Å²) in [4.78, 5) is 39.9. The molecule has 2 aromatic carbocycles. The minimum atomic E-state index is -1.59. The number of fused-ring (bicyclic) bond motifs is 1. The highest BCUT2D eigenvalue weighted by molar-refractivity contribution is 6.24. The molecule has 2 aliphatic heterocycles. The van der Waals surface area contributed by atoms with Gasteiger partial charge in [-0.3, -0.25) is 19.7 Å². The lowest BCUT2D eigenvalue weighted by Crippen LogP contribution is -2.55. The van der Waals surface area contributed by atoms with Crippen LogP contribution in [0.3, 0.4) is 0 Å². The number of imide groups is 1. The number of hydrogen-bond donors (Lipinski definition) is 3. The van der Waals surface area contributed by atoms with E-state index >= 15 is 0 Å². The number of phenols is 1. The van der Waals surface area contributed by atoms with E-state index in [-0.39, 0.29) is 12.2 Å². The van der Waals surface area contributed by atoms with Gasteiger partial charge >= 0.3 is 5.97 Å². The van der Waals surface area contributed by atoms with E-state index in [1.54, 1.807) is 55.5 Å². The maximum Gasteiger partial charge on any atom is 0.324 e. The first kappa shape index (κ1) is 18.2. The molecule has 2 saturated heterocycles. The second kappa shape index (κ2) is 6.45. The number of carbonyl (C=O) groups excluding carboxylic acids is 2. The van der Waals surface area contributed by atoms with Gasteiger partial charge in [0, 0.05) is 11.6 Å². The molecular weight excluding hydrogens is 360 g/mol. The van der Waals surface area contributed by atoms with E-state index in [1.165, 1.54) is 6.07 Å². The third-order valence-corrected chi connectivity index (χ3v) is 5.88. The lowest BCUT2D eigenvalue weighted by Gasteiger charge is -2.30. The molecule has 3 N–H and O–H groups in total. The average molecular weight is 380 g/mol. The number of hydrogen-bond acceptors (Lipinski definition) is 5. The fraction of sp³-hybridized carbons (Fsp3) is 0.286. The van der Waals surface area contributed by atoms with Gasteiger partial charge in [0.05, 0.1) is 17.5 Å². The van der Waals surface area contributed by atoms with Crippen LogP contribution in [0.4, 0.5) is 5.69 Å². The largest absolute Gasteiger partial charge is 0.508 e. The SMILES string of the molecule is CC[C@]1(C(=O)O)N[C@H](c2ccccc2O)[C@@H]2C(=O)N(c3ccccc3)C(=O)[C@@H]21. The van der Waals surface area contributed by atoms with E-state index in [0.717, 1.165) is 4.90 Å². The molecule has 4 rings (SSSR count). The maximum atomic E-state index is 13.3. The van der Waals surface area contributed by atoms with Crippen LogP contribution in [0.1, 0.15) is 24.9 Å². The van der Waals surface area contributed by atoms with Crippen molar-refractivity contribution >= 4 is 23.5 Å². The number of nitrogens with one attached hydrogen (secondary N) is 1. The monoisotopic (exact) mass is 380 g/mol. The molecule has 0 unspecified atom stereocenters. The molecular formula is C21H20N2O5. The van der Waals surface area contributed by atoms with Gasteiger partial charge in [0.25, 0.3) is 0 Å². The summed E-state index contributed by atoms with van der Waals surface area (Å²) in [5.41, 5.74) is -0.767. The molecule has 2 heterocycles. The van der Waals surface area contributed by atoms with Gasteiger partial charge in [-0.2, -0.15) is 0 Å². The number of aliphatic carboxylic acids is 1. The summed E-state index contributed by atoms with van der Waals surface area (Å²) in [5, 5.41) is 23.3. The number of carbonyl (C=O) groups is 3. The molecule has 2 fully saturated rings. The smallest absolute Gasteiger partial charge is 0.324 e. The molecule has 7 nitrogen and oxygen atoms in total. The maximum absolute atomic E-state index is 13.3. The zero-order chi connectivity index (χ0) is 20.1. The van der Waals surface area contributed by atoms with E-state index < -0.39 is 41.2 Å². The standard InChI is InChI=1S/C21H20N2O5/c1-2-21(20(27)28)16-15(17(22-21)13-10-6-7-11-14(13)24)18(25)23(19(16)26)12-8-4-3-5-9-12/h3-11,15-17,22,24H,2H2,1H3,(H,27,28)/t15-,16-,17-,21+/m1/s1. The normalized spacial score (nSPS) is 29.2. The Hall–Kier alpha value is -3.19. The number of phenolic OH excluding ortho intramolecular Hbond substituents is 1. The van der Waals surface area contributed by atoms with Crippen LogP contribution in [-0.2, 0) is 14.4 Å². The Morgan fingerprint density at radius 2 is 1.71 bits per heavy atom. The van der Waals surface area contributed by atoms with E-state index in [4.69, 9.17) is 0 Å². The number of para-hydroxylation sites is 2. The van der Waals surface area contributed by atoms with Gasteiger partial charge in [-0.1, -0.05) is 43.3 Å². The highest BCUT2D eigenvalue weighted by Crippen LogP contribution is 2.51. The Morgan fingerprint density at radius 3 is 2.32 bits per heavy atom. The molecule has 0 aliphatic carbocycles. The zero-order valence-corrected chi connectivity index (χ0v) is 15.2. The lowest BCUT2D eigenvalue weighted by atomic mass is 9.78. The second-order valence-corrected chi connectivity index (χ2v) is 7.16. The second-order valence-electron chi connectivity index (χ2n) is 7.16. The van der Waals surface area contributed by atoms with Crippen LogP contribution in [0.25, 0.3) is 0 Å². The van der Waals surface area contributed by atoms with Crippen molar-refractivity contribution in [3.63, 3.8) is 0 Å². The van der Waals surface area contributed by atoms with Crippen molar-refractivity contribution < 1.29 is 24.6 Å². The highest BCUT2D eigenvalue weighted by Gasteiger charge is 2.68. The quantitative estimate of drug-likeness (QED) is 0.701. The van der Waals surface area contributed by atoms with Crippen LogP contribution in [0.15, 0.2) is 54.6 Å². The van der Waals surface area contributed by atoms with Crippen molar-refractivity contribution in [2.45, 2.75) is 24.9 Å². The Morgan fingerprint density at radius 1 is 1.07 bits per heavy atom. The Labute approximate surface area is 161 Å². The molecule has 0 bridgehead atoms. The van der Waals surface area contributed by atoms with Crippen molar-refractivity contribution in [3.05, 3.63) is 60.2 Å². The predicted octanol–water partition coefficient (Wildman–Crippen LogP) is 2.08. The predicted molar refractivity (Wildman–Crippen MR) is 101 cm³/mol. The number of nitrogens with zero attached hydrogens (tertiary/aromatic N) is 1. The molecule has 0 radical (unpaired) electrons. The van der Waals surface area contributed by atoms with Gasteiger partial charge in [0.2, 0.25) is 11.8 Å². The summed E-state index contributed by atoms with van der Waals surface area (Å²) in [6, 6.07) is 14.2. The summed E-state index contributed by atoms with van der Waals surface area (Å²) in [6.45, 7) is 1.67. The Kier molecular flexibility index (Phi) is 4.19. The van der Waals surface area contributed by atoms with Crippen molar-refractivity contribution in [1.82, 2.24) is 5.32 Å². The molecule has 2 aliphatic rings. The highest BCUT2D eigenvalue weighted by atomic mass is 16.4. The van der Waals surface area contributed by atoms with Gasteiger partial charge < -0.3 is 10.2 Å². The van der Waals surface area contributed by atoms with Crippen molar-refractivity contribution in [2.24, 2.45) is 11.8 Å². The topological polar surface area (TPSA) is 107 Å². The molecule has 28 heavy (non-hydrogen) atoms. The number of amides is 2. The van der Waals surface area contributed by atoms with Crippen molar-refractivity contribution in [3.8, 4) is 5.75 Å². The minimum absolute atomic E-state index is 0.0468. The third kappa shape index (κ3) is 2.36. The van der Waals surface area contributed by atoms with Crippen LogP contribution in [0, 0.1) is 11.8 Å². The fourth-order valence-electron chi connectivity index (χ4n) is 4.52. The molecule has 4 atom stereocenters. The van der Waals surface area contributed by atoms with Crippen LogP contribution >= 0.6 is 0 Å². The van der Waals surface area contributed by atoms with Gasteiger partial charge in [-0.05, 0) is 24.6 Å². The van der Waals surface area contributed by atoms with E-state index in [1.807, 2.05) is 0 Å². The number of aromatic hydroxyl groups is 1. The van der Waals surface area contributed by atoms with E-state index in [2.05, 4.69) is 5.32 Å². The number of benzene rings is 2. The average Bonchev–Trinajstić information content (AvgIpc) is 3.17. The molecule has 0 aromatic heterocycles. The number of carboxylic acids is 1. The molecule has 2 aromatic rings. The zero-order valence-electron chi connectivity index (χ0n) is 15.2. The number of carboxylic acid groups (broad SMARTS) is 1. The summed E-state index contributed by atoms with van der Waals surface area (Å²) >= 11 is 0. The summed E-state index contributed by atoms with van der Waals surface area (Å²) in [7, 11) is 0. The van der Waals surface area contributed by atoms with Crippen LogP contribution in [0.2, 0.25) is 0 Å². The van der Waals surface area contributed by atoms with Crippen molar-refractivity contribution in [2.75, 3.05) is 4.90 Å². The van der Waals surface area contributed by atoms with Crippen LogP contribution < -0.4 is 10.2 Å².